The zero-order chi connectivity index (χ0) is 14.1. The quantitative estimate of drug-likeness (QED) is 0.877. The molecule has 2 aliphatic carbocycles. The number of nitrogens with one attached hydrogen (secondary N) is 1. The van der Waals surface area contributed by atoms with E-state index in [4.69, 9.17) is 9.63 Å². The van der Waals surface area contributed by atoms with Crippen LogP contribution in [0.2, 0.25) is 0 Å². The molecule has 0 radical (unpaired) electrons. The number of carbonyl (C=O) groups is 2. The lowest BCUT2D eigenvalue weighted by molar-refractivity contribution is -0.142. The summed E-state index contributed by atoms with van der Waals surface area (Å²) < 4.78 is 5.07. The maximum absolute atomic E-state index is 12.0. The highest BCUT2D eigenvalue weighted by Gasteiger charge is 2.30. The van der Waals surface area contributed by atoms with E-state index in [0.29, 0.717) is 31.6 Å². The lowest BCUT2D eigenvalue weighted by Gasteiger charge is -2.26. The van der Waals surface area contributed by atoms with Gasteiger partial charge in [-0.1, -0.05) is 5.16 Å². The van der Waals surface area contributed by atoms with Gasteiger partial charge in [-0.2, -0.15) is 0 Å². The molecule has 108 valence electrons. The molecular formula is C14H18N2O4. The van der Waals surface area contributed by atoms with Crippen LogP contribution in [0.3, 0.4) is 0 Å². The highest BCUT2D eigenvalue weighted by Crippen LogP contribution is 2.39. The van der Waals surface area contributed by atoms with Gasteiger partial charge in [-0.3, -0.25) is 9.59 Å². The van der Waals surface area contributed by atoms with Crippen LogP contribution >= 0.6 is 0 Å². The summed E-state index contributed by atoms with van der Waals surface area (Å²) in [5, 5.41) is 15.8. The summed E-state index contributed by atoms with van der Waals surface area (Å²) in [5.74, 6) is -0.532. The zero-order valence-corrected chi connectivity index (χ0v) is 11.2. The number of hydrogen-bond donors (Lipinski definition) is 2. The standard InChI is InChI=1S/C14H18N2O4/c17-13(12-7-11(16-20-12)8-1-2-8)15-10-5-3-9(4-6-10)14(18)19/h7-10H,1-6H2,(H,15,17)(H,18,19). The van der Waals surface area contributed by atoms with Crippen molar-refractivity contribution in [1.82, 2.24) is 10.5 Å². The third-order valence-electron chi connectivity index (χ3n) is 4.16. The molecule has 1 heterocycles. The predicted molar refractivity (Wildman–Crippen MR) is 69.3 cm³/mol. The molecule has 0 bridgehead atoms. The number of hydrogen-bond acceptors (Lipinski definition) is 4. The van der Waals surface area contributed by atoms with Gasteiger partial charge in [0.05, 0.1) is 11.6 Å². The van der Waals surface area contributed by atoms with Crippen molar-refractivity contribution >= 4 is 11.9 Å². The van der Waals surface area contributed by atoms with Gasteiger partial charge in [0, 0.05) is 18.0 Å². The first-order valence-corrected chi connectivity index (χ1v) is 7.14. The number of nitrogens with zero attached hydrogens (tertiary/aromatic N) is 1. The Morgan fingerprint density at radius 1 is 1.20 bits per heavy atom. The Hall–Kier alpha value is -1.85. The second-order valence-electron chi connectivity index (χ2n) is 5.75. The molecule has 2 saturated carbocycles. The van der Waals surface area contributed by atoms with Crippen molar-refractivity contribution < 1.29 is 19.2 Å². The zero-order valence-electron chi connectivity index (χ0n) is 11.2. The molecule has 1 aromatic heterocycles. The fourth-order valence-corrected chi connectivity index (χ4v) is 2.71. The number of rotatable bonds is 4. The average molecular weight is 278 g/mol. The van der Waals surface area contributed by atoms with E-state index in [1.54, 1.807) is 6.07 Å². The Balaban J connectivity index is 1.52. The number of carbonyl (C=O) groups excluding carboxylic acids is 1. The molecule has 2 N–H and O–H groups in total. The molecule has 6 nitrogen and oxygen atoms in total. The highest BCUT2D eigenvalue weighted by molar-refractivity contribution is 5.91. The monoisotopic (exact) mass is 278 g/mol. The molecular weight excluding hydrogens is 260 g/mol. The molecule has 2 fully saturated rings. The summed E-state index contributed by atoms with van der Waals surface area (Å²) in [6.07, 6.45) is 4.87. The van der Waals surface area contributed by atoms with E-state index in [-0.39, 0.29) is 23.6 Å². The largest absolute Gasteiger partial charge is 0.481 e. The number of carboxylic acid groups (broad SMARTS) is 1. The first-order valence-electron chi connectivity index (χ1n) is 7.14. The van der Waals surface area contributed by atoms with Crippen LogP contribution in [0.25, 0.3) is 0 Å². The molecule has 0 atom stereocenters. The SMILES string of the molecule is O=C(NC1CCC(C(=O)O)CC1)c1cc(C2CC2)no1. The van der Waals surface area contributed by atoms with E-state index in [0.717, 1.165) is 18.5 Å². The van der Waals surface area contributed by atoms with Crippen LogP contribution in [-0.2, 0) is 4.79 Å². The van der Waals surface area contributed by atoms with Gasteiger partial charge < -0.3 is 14.9 Å². The van der Waals surface area contributed by atoms with Crippen molar-refractivity contribution in [2.24, 2.45) is 5.92 Å². The topological polar surface area (TPSA) is 92.4 Å². The fraction of sp³-hybridized carbons (Fsp3) is 0.643. The van der Waals surface area contributed by atoms with Gasteiger partial charge in [0.25, 0.3) is 5.91 Å². The highest BCUT2D eigenvalue weighted by atomic mass is 16.5. The van der Waals surface area contributed by atoms with Gasteiger partial charge in [0.15, 0.2) is 0 Å². The first kappa shape index (κ1) is 13.1. The predicted octanol–water partition coefficient (Wildman–Crippen LogP) is 1.93. The maximum Gasteiger partial charge on any atom is 0.306 e. The van der Waals surface area contributed by atoms with Crippen LogP contribution in [0.4, 0.5) is 0 Å². The summed E-state index contributed by atoms with van der Waals surface area (Å²) in [5.41, 5.74) is 0.865. The van der Waals surface area contributed by atoms with Gasteiger partial charge in [-0.25, -0.2) is 0 Å². The second kappa shape index (κ2) is 5.26. The van der Waals surface area contributed by atoms with E-state index in [2.05, 4.69) is 10.5 Å². The van der Waals surface area contributed by atoms with Crippen molar-refractivity contribution in [3.63, 3.8) is 0 Å². The number of aliphatic carboxylic acids is 1. The fourth-order valence-electron chi connectivity index (χ4n) is 2.71. The van der Waals surface area contributed by atoms with Gasteiger partial charge >= 0.3 is 5.97 Å². The lowest BCUT2D eigenvalue weighted by atomic mass is 9.86. The van der Waals surface area contributed by atoms with E-state index in [1.165, 1.54) is 0 Å². The van der Waals surface area contributed by atoms with Gasteiger partial charge in [-0.15, -0.1) is 0 Å². The first-order chi connectivity index (χ1) is 9.63. The Labute approximate surface area is 116 Å². The van der Waals surface area contributed by atoms with Crippen LogP contribution < -0.4 is 5.32 Å². The third-order valence-corrected chi connectivity index (χ3v) is 4.16. The van der Waals surface area contributed by atoms with Crippen LogP contribution in [0, 0.1) is 5.92 Å². The summed E-state index contributed by atoms with van der Waals surface area (Å²) in [7, 11) is 0. The summed E-state index contributed by atoms with van der Waals surface area (Å²) >= 11 is 0. The number of amides is 1. The summed E-state index contributed by atoms with van der Waals surface area (Å²) in [4.78, 5) is 22.9. The minimum absolute atomic E-state index is 0.0348. The lowest BCUT2D eigenvalue weighted by Crippen LogP contribution is -2.38. The molecule has 0 unspecified atom stereocenters. The second-order valence-corrected chi connectivity index (χ2v) is 5.75. The Bertz CT molecular complexity index is 513. The van der Waals surface area contributed by atoms with Crippen molar-refractivity contribution in [2.45, 2.75) is 50.5 Å². The summed E-state index contributed by atoms with van der Waals surface area (Å²) in [6, 6.07) is 1.75. The Kier molecular flexibility index (Phi) is 3.46. The molecule has 1 amide bonds. The van der Waals surface area contributed by atoms with E-state index >= 15 is 0 Å². The molecule has 3 rings (SSSR count). The van der Waals surface area contributed by atoms with Gasteiger partial charge in [0.1, 0.15) is 0 Å². The minimum atomic E-state index is -0.737. The van der Waals surface area contributed by atoms with Crippen molar-refractivity contribution in [3.05, 3.63) is 17.5 Å². The van der Waals surface area contributed by atoms with Crippen LogP contribution in [0.15, 0.2) is 10.6 Å². The summed E-state index contributed by atoms with van der Waals surface area (Å²) in [6.45, 7) is 0. The number of carboxylic acids is 1. The Morgan fingerprint density at radius 2 is 1.90 bits per heavy atom. The molecule has 0 saturated heterocycles. The van der Waals surface area contributed by atoms with Crippen LogP contribution in [0.1, 0.15) is 60.7 Å². The molecule has 0 aliphatic heterocycles. The molecule has 20 heavy (non-hydrogen) atoms. The number of aromatic nitrogens is 1. The average Bonchev–Trinajstić information content (AvgIpc) is 3.17. The smallest absolute Gasteiger partial charge is 0.306 e. The van der Waals surface area contributed by atoms with Crippen LogP contribution in [0.5, 0.6) is 0 Å². The minimum Gasteiger partial charge on any atom is -0.481 e. The Morgan fingerprint density at radius 3 is 2.50 bits per heavy atom. The van der Waals surface area contributed by atoms with E-state index in [9.17, 15) is 9.59 Å². The molecule has 2 aliphatic rings. The van der Waals surface area contributed by atoms with Gasteiger partial charge in [-0.05, 0) is 38.5 Å². The third kappa shape index (κ3) is 2.84. The normalized spacial score (nSPS) is 26.2. The molecule has 6 heteroatoms. The van der Waals surface area contributed by atoms with Crippen molar-refractivity contribution in [2.75, 3.05) is 0 Å². The maximum atomic E-state index is 12.0. The molecule has 0 aromatic carbocycles. The van der Waals surface area contributed by atoms with Crippen molar-refractivity contribution in [3.8, 4) is 0 Å². The van der Waals surface area contributed by atoms with E-state index < -0.39 is 5.97 Å². The van der Waals surface area contributed by atoms with E-state index in [1.807, 2.05) is 0 Å². The molecule has 0 spiro atoms. The molecule has 1 aromatic rings. The van der Waals surface area contributed by atoms with Crippen molar-refractivity contribution in [1.29, 1.82) is 0 Å². The van der Waals surface area contributed by atoms with Gasteiger partial charge in [0.2, 0.25) is 5.76 Å². The van der Waals surface area contributed by atoms with Crippen LogP contribution in [-0.4, -0.2) is 28.2 Å².